The first-order chi connectivity index (χ1) is 14.9. The van der Waals surface area contributed by atoms with Gasteiger partial charge in [0.2, 0.25) is 11.8 Å². The number of carbonyl (C=O) groups is 3. The molecule has 8 nitrogen and oxygen atoms in total. The molecule has 2 atom stereocenters. The van der Waals surface area contributed by atoms with Gasteiger partial charge in [0.25, 0.3) is 5.91 Å². The van der Waals surface area contributed by atoms with E-state index in [2.05, 4.69) is 39.8 Å². The summed E-state index contributed by atoms with van der Waals surface area (Å²) in [5.41, 5.74) is 2.54. The molecule has 0 saturated heterocycles. The van der Waals surface area contributed by atoms with Gasteiger partial charge in [-0.1, -0.05) is 38.1 Å². The zero-order valence-electron chi connectivity index (χ0n) is 17.4. The van der Waals surface area contributed by atoms with Gasteiger partial charge >= 0.3 is 0 Å². The van der Waals surface area contributed by atoms with Crippen molar-refractivity contribution in [3.8, 4) is 0 Å². The average molecular weight is 419 g/mol. The molecule has 4 rings (SSSR count). The monoisotopic (exact) mass is 419 g/mol. The van der Waals surface area contributed by atoms with E-state index in [1.807, 2.05) is 24.3 Å². The number of aromatic amines is 1. The lowest BCUT2D eigenvalue weighted by Gasteiger charge is -2.20. The first kappa shape index (κ1) is 20.6. The number of nitrogens with one attached hydrogen (secondary N) is 4. The van der Waals surface area contributed by atoms with Crippen LogP contribution in [0.25, 0.3) is 11.0 Å². The molecule has 3 aromatic rings. The van der Waals surface area contributed by atoms with Gasteiger partial charge in [0.05, 0.1) is 34.7 Å². The Labute approximate surface area is 179 Å². The van der Waals surface area contributed by atoms with Gasteiger partial charge < -0.3 is 20.9 Å². The summed E-state index contributed by atoms with van der Waals surface area (Å²) in [6, 6.07) is 13.1. The number of hydrogen-bond acceptors (Lipinski definition) is 4. The maximum atomic E-state index is 12.8. The Morgan fingerprint density at radius 2 is 1.84 bits per heavy atom. The number of fused-ring (bicyclic) bond motifs is 2. The average Bonchev–Trinajstić information content (AvgIpc) is 3.12. The molecule has 0 saturated carbocycles. The van der Waals surface area contributed by atoms with Gasteiger partial charge in [0.1, 0.15) is 11.9 Å². The topological polar surface area (TPSA) is 116 Å². The minimum absolute atomic E-state index is 0.166. The summed E-state index contributed by atoms with van der Waals surface area (Å²) < 4.78 is 0. The number of imidazole rings is 1. The number of H-pyrrole nitrogens is 1. The van der Waals surface area contributed by atoms with Gasteiger partial charge in [-0.15, -0.1) is 0 Å². The predicted molar refractivity (Wildman–Crippen MR) is 117 cm³/mol. The van der Waals surface area contributed by atoms with Crippen LogP contribution in [-0.4, -0.2) is 33.7 Å². The van der Waals surface area contributed by atoms with Crippen LogP contribution in [0.1, 0.15) is 48.9 Å². The number of nitrogens with zero attached hydrogens (tertiary/aromatic N) is 1. The summed E-state index contributed by atoms with van der Waals surface area (Å²) in [6.07, 6.45) is 0.514. The third-order valence-corrected chi connectivity index (χ3v) is 5.22. The summed E-state index contributed by atoms with van der Waals surface area (Å²) in [7, 11) is 0. The second kappa shape index (κ2) is 8.59. The molecule has 0 bridgehead atoms. The molecule has 2 aromatic carbocycles. The Morgan fingerprint density at radius 3 is 2.61 bits per heavy atom. The number of anilines is 1. The maximum absolute atomic E-state index is 12.8. The van der Waals surface area contributed by atoms with E-state index in [0.29, 0.717) is 29.4 Å². The van der Waals surface area contributed by atoms with Crippen molar-refractivity contribution in [1.29, 1.82) is 0 Å². The van der Waals surface area contributed by atoms with E-state index in [0.717, 1.165) is 11.0 Å². The van der Waals surface area contributed by atoms with Gasteiger partial charge in [0, 0.05) is 0 Å². The molecule has 160 valence electrons. The molecule has 1 aliphatic heterocycles. The van der Waals surface area contributed by atoms with Crippen LogP contribution in [0, 0.1) is 5.92 Å². The summed E-state index contributed by atoms with van der Waals surface area (Å²) in [6.45, 7) is 4.13. The highest BCUT2D eigenvalue weighted by atomic mass is 16.2. The summed E-state index contributed by atoms with van der Waals surface area (Å²) in [5.74, 6) is -0.156. The van der Waals surface area contributed by atoms with E-state index in [1.165, 1.54) is 0 Å². The van der Waals surface area contributed by atoms with E-state index < -0.39 is 11.9 Å². The van der Waals surface area contributed by atoms with Crippen molar-refractivity contribution in [2.75, 3.05) is 5.32 Å². The highest BCUT2D eigenvalue weighted by molar-refractivity contribution is 6.10. The largest absolute Gasteiger partial charge is 0.346 e. The minimum atomic E-state index is -0.963. The van der Waals surface area contributed by atoms with Crippen molar-refractivity contribution in [1.82, 2.24) is 20.6 Å². The number of carbonyl (C=O) groups excluding carboxylic acids is 3. The van der Waals surface area contributed by atoms with Crippen LogP contribution in [0.2, 0.25) is 0 Å². The van der Waals surface area contributed by atoms with Crippen molar-refractivity contribution in [2.45, 2.75) is 38.8 Å². The number of hydrogen-bond donors (Lipinski definition) is 4. The Bertz CT molecular complexity index is 1100. The normalized spacial score (nSPS) is 16.9. The van der Waals surface area contributed by atoms with Crippen molar-refractivity contribution in [3.63, 3.8) is 0 Å². The molecule has 8 heteroatoms. The molecule has 0 radical (unpaired) electrons. The highest BCUT2D eigenvalue weighted by Crippen LogP contribution is 2.23. The van der Waals surface area contributed by atoms with Gasteiger partial charge in [0.15, 0.2) is 0 Å². The number of amides is 3. The van der Waals surface area contributed by atoms with Gasteiger partial charge in [-0.25, -0.2) is 4.98 Å². The zero-order chi connectivity index (χ0) is 22.0. The first-order valence-corrected chi connectivity index (χ1v) is 10.4. The molecule has 31 heavy (non-hydrogen) atoms. The fourth-order valence-corrected chi connectivity index (χ4v) is 3.74. The van der Waals surface area contributed by atoms with Crippen molar-refractivity contribution in [2.24, 2.45) is 5.92 Å². The molecule has 0 aliphatic carbocycles. The van der Waals surface area contributed by atoms with Crippen molar-refractivity contribution in [3.05, 3.63) is 59.9 Å². The van der Waals surface area contributed by atoms with E-state index in [1.54, 1.807) is 24.3 Å². The second-order valence-corrected chi connectivity index (χ2v) is 8.15. The van der Waals surface area contributed by atoms with Crippen LogP contribution in [-0.2, 0) is 9.59 Å². The van der Waals surface area contributed by atoms with E-state index in [9.17, 15) is 14.4 Å². The van der Waals surface area contributed by atoms with Gasteiger partial charge in [-0.2, -0.15) is 0 Å². The Kier molecular flexibility index (Phi) is 5.70. The molecule has 0 spiro atoms. The number of aromatic nitrogens is 2. The van der Waals surface area contributed by atoms with Gasteiger partial charge in [-0.05, 0) is 36.6 Å². The SMILES string of the molecule is CC(C)C[C@H](NC(=O)C[C@H]1NC(=O)c2ccccc2NC1=O)c1nc2ccccc2[nH]1. The lowest BCUT2D eigenvalue weighted by atomic mass is 10.0. The number of para-hydroxylation sites is 3. The molecule has 3 amide bonds. The van der Waals surface area contributed by atoms with Crippen LogP contribution in [0.3, 0.4) is 0 Å². The van der Waals surface area contributed by atoms with Crippen molar-refractivity contribution < 1.29 is 14.4 Å². The molecule has 1 aromatic heterocycles. The molecular weight excluding hydrogens is 394 g/mol. The van der Waals surface area contributed by atoms with Crippen molar-refractivity contribution >= 4 is 34.4 Å². The van der Waals surface area contributed by atoms with Crippen LogP contribution in [0.4, 0.5) is 5.69 Å². The molecular formula is C23H25N5O3. The second-order valence-electron chi connectivity index (χ2n) is 8.15. The summed E-state index contributed by atoms with van der Waals surface area (Å²) in [5, 5.41) is 8.36. The minimum Gasteiger partial charge on any atom is -0.346 e. The molecule has 4 N–H and O–H groups in total. The fourth-order valence-electron chi connectivity index (χ4n) is 3.74. The fraction of sp³-hybridized carbons (Fsp3) is 0.304. The highest BCUT2D eigenvalue weighted by Gasteiger charge is 2.30. The Hall–Kier alpha value is -3.68. The van der Waals surface area contributed by atoms with Crippen LogP contribution in [0.15, 0.2) is 48.5 Å². The summed E-state index contributed by atoms with van der Waals surface area (Å²) in [4.78, 5) is 45.8. The van der Waals surface area contributed by atoms with Crippen LogP contribution >= 0.6 is 0 Å². The smallest absolute Gasteiger partial charge is 0.254 e. The zero-order valence-corrected chi connectivity index (χ0v) is 17.4. The maximum Gasteiger partial charge on any atom is 0.254 e. The number of rotatable bonds is 6. The summed E-state index contributed by atoms with van der Waals surface area (Å²) >= 11 is 0. The number of benzene rings is 2. The quantitative estimate of drug-likeness (QED) is 0.492. The third kappa shape index (κ3) is 4.58. The van der Waals surface area contributed by atoms with Crippen LogP contribution in [0.5, 0.6) is 0 Å². The lowest BCUT2D eigenvalue weighted by molar-refractivity contribution is -0.126. The van der Waals surface area contributed by atoms with E-state index >= 15 is 0 Å². The third-order valence-electron chi connectivity index (χ3n) is 5.22. The van der Waals surface area contributed by atoms with Gasteiger partial charge in [-0.3, -0.25) is 14.4 Å². The molecule has 1 aliphatic rings. The van der Waals surface area contributed by atoms with E-state index in [-0.39, 0.29) is 24.3 Å². The Balaban J connectivity index is 1.49. The molecule has 0 unspecified atom stereocenters. The predicted octanol–water partition coefficient (Wildman–Crippen LogP) is 2.91. The van der Waals surface area contributed by atoms with E-state index in [4.69, 9.17) is 0 Å². The first-order valence-electron chi connectivity index (χ1n) is 10.4. The standard InChI is InChI=1S/C23H25N5O3/c1-13(2)11-18(21-25-16-9-5-6-10-17(16)26-21)24-20(29)12-19-23(31)27-15-8-4-3-7-14(15)22(30)28-19/h3-10,13,18-19H,11-12H2,1-2H3,(H,24,29)(H,25,26)(H,27,31)(H,28,30)/t18-,19+/m0/s1. The Morgan fingerprint density at radius 1 is 1.10 bits per heavy atom. The lowest BCUT2D eigenvalue weighted by Crippen LogP contribution is -2.45. The van der Waals surface area contributed by atoms with Crippen LogP contribution < -0.4 is 16.0 Å². The molecule has 2 heterocycles. The molecule has 0 fully saturated rings.